The van der Waals surface area contributed by atoms with Gasteiger partial charge in [0.15, 0.2) is 10.3 Å². The molecule has 0 spiro atoms. The van der Waals surface area contributed by atoms with Crippen LogP contribution in [0.2, 0.25) is 0 Å². The number of Topliss-reactive ketones (excluding diaryl/α,β-unsaturated/α-hetero) is 1. The van der Waals surface area contributed by atoms with E-state index < -0.39 is 0 Å². The average Bonchev–Trinajstić information content (AvgIpc) is 2.90. The van der Waals surface area contributed by atoms with Gasteiger partial charge in [0.2, 0.25) is 0 Å². The van der Waals surface area contributed by atoms with Gasteiger partial charge in [0.1, 0.15) is 5.78 Å². The Bertz CT molecular complexity index is 1250. The number of aromatic nitrogens is 4. The molecule has 2 aromatic heterocycles. The van der Waals surface area contributed by atoms with Crippen LogP contribution in [0.3, 0.4) is 0 Å². The molecule has 4 aromatic rings. The molecule has 0 bridgehead atoms. The molecule has 0 saturated heterocycles. The van der Waals surface area contributed by atoms with Crippen molar-refractivity contribution in [2.24, 2.45) is 0 Å². The molecule has 2 heterocycles. The maximum Gasteiger partial charge on any atom is 0.187 e. The highest BCUT2D eigenvalue weighted by Gasteiger charge is 2.31. The predicted molar refractivity (Wildman–Crippen MR) is 164 cm³/mol. The lowest BCUT2D eigenvalue weighted by Gasteiger charge is -2.24. The average molecular weight is 738 g/mol. The van der Waals surface area contributed by atoms with E-state index in [2.05, 4.69) is 77.3 Å². The van der Waals surface area contributed by atoms with Gasteiger partial charge in [-0.1, -0.05) is 47.8 Å². The molecule has 0 aliphatic rings. The topological polar surface area (TPSA) is 68.6 Å². The van der Waals surface area contributed by atoms with Gasteiger partial charge in [-0.25, -0.2) is 19.9 Å². The maximum absolute atomic E-state index is 14.5. The summed E-state index contributed by atoms with van der Waals surface area (Å²) in [5.41, 5.74) is 3.72. The van der Waals surface area contributed by atoms with Crippen molar-refractivity contribution in [3.05, 3.63) is 103 Å². The number of carbonyl (C=O) groups excluding carboxylic acids is 1. The molecular weight excluding hydrogens is 714 g/mol. The normalized spacial score (nSPS) is 12.8. The van der Waals surface area contributed by atoms with Crippen LogP contribution in [0.5, 0.6) is 0 Å². The Kier molecular flexibility index (Phi) is 10.1. The quantitative estimate of drug-likeness (QED) is 0.100. The van der Waals surface area contributed by atoms with Crippen molar-refractivity contribution >= 4 is 74.5 Å². The minimum absolute atomic E-state index is 0.160. The molecule has 184 valence electrons. The molecule has 0 aliphatic heterocycles. The Balaban J connectivity index is 1.77. The van der Waals surface area contributed by atoms with Gasteiger partial charge in [-0.15, -0.1) is 0 Å². The fourth-order valence-corrected chi connectivity index (χ4v) is 5.93. The molecule has 4 rings (SSSR count). The van der Waals surface area contributed by atoms with E-state index in [0.29, 0.717) is 23.2 Å². The number of carbonyl (C=O) groups is 1. The van der Waals surface area contributed by atoms with Crippen LogP contribution in [-0.2, 0) is 17.6 Å². The molecule has 0 fully saturated rings. The summed E-state index contributed by atoms with van der Waals surface area (Å²) in [7, 11) is 0. The fraction of sp³-hybridized carbons (Fsp3) is 0.222. The van der Waals surface area contributed by atoms with Crippen LogP contribution >= 0.6 is 68.7 Å². The minimum atomic E-state index is -0.353. The molecule has 2 aromatic carbocycles. The number of hydrogen-bond donors (Lipinski definition) is 0. The number of benzene rings is 2. The van der Waals surface area contributed by atoms with Crippen LogP contribution in [0, 0.1) is 7.14 Å². The van der Waals surface area contributed by atoms with Gasteiger partial charge in [0.25, 0.3) is 0 Å². The van der Waals surface area contributed by atoms with E-state index in [9.17, 15) is 4.79 Å². The fourth-order valence-electron chi connectivity index (χ4n) is 4.05. The lowest BCUT2D eigenvalue weighted by molar-refractivity contribution is -0.122. The number of nitrogens with zero attached hydrogens (tertiary/aromatic N) is 4. The third kappa shape index (κ3) is 7.26. The summed E-state index contributed by atoms with van der Waals surface area (Å²) in [6.45, 7) is 0. The molecule has 0 N–H and O–H groups in total. The van der Waals surface area contributed by atoms with E-state index in [-0.39, 0.29) is 17.6 Å². The lowest BCUT2D eigenvalue weighted by atomic mass is 9.79. The van der Waals surface area contributed by atoms with E-state index in [0.717, 1.165) is 29.7 Å². The minimum Gasteiger partial charge on any atom is -0.298 e. The summed E-state index contributed by atoms with van der Waals surface area (Å²) in [6.07, 6.45) is 8.47. The van der Waals surface area contributed by atoms with Gasteiger partial charge in [0.05, 0.1) is 0 Å². The summed E-state index contributed by atoms with van der Waals surface area (Å²) < 4.78 is 2.20. The Labute approximate surface area is 247 Å². The van der Waals surface area contributed by atoms with Crippen LogP contribution in [-0.4, -0.2) is 38.2 Å². The number of ketones is 1. The first-order chi connectivity index (χ1) is 17.5. The lowest BCUT2D eigenvalue weighted by Crippen LogP contribution is -2.25. The maximum atomic E-state index is 14.5. The van der Waals surface area contributed by atoms with Gasteiger partial charge in [-0.2, -0.15) is 0 Å². The summed E-state index contributed by atoms with van der Waals surface area (Å²) in [6, 6.07) is 20.2. The van der Waals surface area contributed by atoms with Crippen LogP contribution < -0.4 is 0 Å². The second-order valence-corrected chi connectivity index (χ2v) is 12.1. The molecule has 0 aliphatic carbocycles. The van der Waals surface area contributed by atoms with Crippen LogP contribution in [0.1, 0.15) is 34.4 Å². The first kappa shape index (κ1) is 27.5. The largest absolute Gasteiger partial charge is 0.298 e. The van der Waals surface area contributed by atoms with E-state index in [1.807, 2.05) is 61.0 Å². The van der Waals surface area contributed by atoms with E-state index in [4.69, 9.17) is 0 Å². The number of hydrogen-bond acceptors (Lipinski definition) is 7. The monoisotopic (exact) mass is 738 g/mol. The van der Waals surface area contributed by atoms with Gasteiger partial charge in [0, 0.05) is 55.6 Å². The van der Waals surface area contributed by atoms with Crippen molar-refractivity contribution in [2.75, 3.05) is 12.5 Å². The number of halogens is 2. The third-order valence-electron chi connectivity index (χ3n) is 5.76. The molecular formula is C27H24I2N4OS2. The van der Waals surface area contributed by atoms with E-state index in [1.165, 1.54) is 23.5 Å². The zero-order valence-corrected chi connectivity index (χ0v) is 25.7. The van der Waals surface area contributed by atoms with Crippen molar-refractivity contribution in [1.29, 1.82) is 0 Å². The zero-order chi connectivity index (χ0) is 25.5. The molecule has 5 nitrogen and oxygen atoms in total. The number of rotatable bonds is 10. The van der Waals surface area contributed by atoms with Gasteiger partial charge >= 0.3 is 0 Å². The first-order valence-electron chi connectivity index (χ1n) is 11.2. The van der Waals surface area contributed by atoms with Crippen LogP contribution in [0.15, 0.2) is 83.4 Å². The SMILES string of the molecule is CSc1nccc(CC(C(=O)C(Cc2ccnc(SC)n2)c2cccc(I)c2)c2cccc(I)c2)n1. The van der Waals surface area contributed by atoms with Crippen molar-refractivity contribution < 1.29 is 4.79 Å². The molecule has 36 heavy (non-hydrogen) atoms. The molecule has 2 unspecified atom stereocenters. The molecule has 2 atom stereocenters. The summed E-state index contributed by atoms with van der Waals surface area (Å²) in [5.74, 6) is -0.546. The Morgan fingerprint density at radius 3 is 1.58 bits per heavy atom. The predicted octanol–water partition coefficient (Wildman–Crippen LogP) is 6.84. The Hall–Kier alpha value is -1.57. The zero-order valence-electron chi connectivity index (χ0n) is 19.8. The Morgan fingerprint density at radius 1 is 0.750 bits per heavy atom. The molecule has 9 heteroatoms. The van der Waals surface area contributed by atoms with E-state index in [1.54, 1.807) is 12.4 Å². The Morgan fingerprint density at radius 2 is 1.19 bits per heavy atom. The van der Waals surface area contributed by atoms with Gasteiger partial charge < -0.3 is 0 Å². The highest BCUT2D eigenvalue weighted by molar-refractivity contribution is 14.1. The van der Waals surface area contributed by atoms with Gasteiger partial charge in [-0.05, 0) is 105 Å². The van der Waals surface area contributed by atoms with Gasteiger partial charge in [-0.3, -0.25) is 4.79 Å². The number of thioether (sulfide) groups is 2. The van der Waals surface area contributed by atoms with Crippen molar-refractivity contribution in [1.82, 2.24) is 19.9 Å². The van der Waals surface area contributed by atoms with Crippen molar-refractivity contribution in [3.8, 4) is 0 Å². The second-order valence-electron chi connectivity index (χ2n) is 8.10. The summed E-state index contributed by atoms with van der Waals surface area (Å²) >= 11 is 7.61. The standard InChI is InChI=1S/C27H24I2N4OS2/c1-35-26-30-11-9-21(32-26)15-23(17-5-3-7-19(28)13-17)25(34)24(18-6-4-8-20(29)14-18)16-22-10-12-31-27(33-22)36-2/h3-14,23-24H,15-16H2,1-2H3. The smallest absolute Gasteiger partial charge is 0.187 e. The highest BCUT2D eigenvalue weighted by Crippen LogP contribution is 2.33. The van der Waals surface area contributed by atoms with Crippen LogP contribution in [0.4, 0.5) is 0 Å². The molecule has 0 radical (unpaired) electrons. The molecule has 0 amide bonds. The highest BCUT2D eigenvalue weighted by atomic mass is 127. The van der Waals surface area contributed by atoms with Crippen LogP contribution in [0.25, 0.3) is 0 Å². The summed E-state index contributed by atoms with van der Waals surface area (Å²) in [5, 5.41) is 1.42. The molecule has 0 saturated carbocycles. The third-order valence-corrected chi connectivity index (χ3v) is 8.23. The summed E-state index contributed by atoms with van der Waals surface area (Å²) in [4.78, 5) is 32.5. The van der Waals surface area contributed by atoms with E-state index >= 15 is 0 Å². The van der Waals surface area contributed by atoms with Crippen molar-refractivity contribution in [2.45, 2.75) is 35.0 Å². The van der Waals surface area contributed by atoms with Crippen molar-refractivity contribution in [3.63, 3.8) is 0 Å². The first-order valence-corrected chi connectivity index (χ1v) is 15.8. The second kappa shape index (κ2) is 13.3.